The van der Waals surface area contributed by atoms with Crippen molar-refractivity contribution in [2.45, 2.75) is 27.7 Å². The minimum absolute atomic E-state index is 0.137. The first-order chi connectivity index (χ1) is 17.0. The summed E-state index contributed by atoms with van der Waals surface area (Å²) in [6.07, 6.45) is 2.06. The van der Waals surface area contributed by atoms with E-state index in [2.05, 4.69) is 125 Å². The number of aromatic nitrogens is 1. The molecule has 0 fully saturated rings. The molecule has 1 heterocycles. The number of hydrogen-bond donors (Lipinski definition) is 0. The van der Waals surface area contributed by atoms with Crippen LogP contribution in [0.25, 0.3) is 32.4 Å². The van der Waals surface area contributed by atoms with Crippen LogP contribution in [0.15, 0.2) is 97.2 Å². The van der Waals surface area contributed by atoms with E-state index in [9.17, 15) is 0 Å². The molecule has 0 aliphatic rings. The Morgan fingerprint density at radius 3 is 1.66 bits per heavy atom. The molecule has 0 aliphatic heterocycles. The van der Waals surface area contributed by atoms with Gasteiger partial charge >= 0.3 is 0 Å². The van der Waals surface area contributed by atoms with Crippen molar-refractivity contribution in [3.05, 3.63) is 119 Å². The molecule has 0 N–H and O–H groups in total. The standard InChI is InChI=1S/C33H28BN/c1-21-11-9-12-22(2)32(21)34(33-23(3)13-10-14-24(33)4)29-19-25-20-35-30-18-8-7-17-28(30)31(25)27-16-6-5-15-26(27)29/h5-20H,1-4H3. The number of rotatable bonds is 3. The maximum Gasteiger partial charge on any atom is 0.243 e. The van der Waals surface area contributed by atoms with Gasteiger partial charge in [-0.3, -0.25) is 4.98 Å². The molecule has 0 aliphatic carbocycles. The van der Waals surface area contributed by atoms with Crippen molar-refractivity contribution in [2.75, 3.05) is 0 Å². The highest BCUT2D eigenvalue weighted by molar-refractivity contribution is 6.98. The van der Waals surface area contributed by atoms with Gasteiger partial charge in [-0.05, 0) is 44.5 Å². The van der Waals surface area contributed by atoms with Gasteiger partial charge in [0.1, 0.15) is 0 Å². The minimum Gasteiger partial charge on any atom is -0.256 e. The monoisotopic (exact) mass is 449 g/mol. The molecule has 1 nitrogen and oxygen atoms in total. The Kier molecular flexibility index (Phi) is 5.18. The van der Waals surface area contributed by atoms with Crippen molar-refractivity contribution >= 4 is 55.5 Å². The Labute approximate surface area is 207 Å². The van der Waals surface area contributed by atoms with Crippen LogP contribution in [-0.2, 0) is 0 Å². The first-order valence-electron chi connectivity index (χ1n) is 12.4. The molecule has 168 valence electrons. The van der Waals surface area contributed by atoms with Crippen LogP contribution in [0.5, 0.6) is 0 Å². The summed E-state index contributed by atoms with van der Waals surface area (Å²) in [5.74, 6) is 0. The number of hydrogen-bond acceptors (Lipinski definition) is 1. The lowest BCUT2D eigenvalue weighted by molar-refractivity contribution is 1.41. The normalized spacial score (nSPS) is 11.4. The molecular formula is C33H28BN. The predicted octanol–water partition coefficient (Wildman–Crippen LogP) is 6.29. The topological polar surface area (TPSA) is 12.9 Å². The largest absolute Gasteiger partial charge is 0.256 e. The summed E-state index contributed by atoms with van der Waals surface area (Å²) in [4.78, 5) is 4.83. The predicted molar refractivity (Wildman–Crippen MR) is 153 cm³/mol. The molecule has 0 spiro atoms. The molecule has 0 atom stereocenters. The van der Waals surface area contributed by atoms with Crippen LogP contribution >= 0.6 is 0 Å². The molecule has 0 saturated carbocycles. The number of para-hydroxylation sites is 1. The number of pyridine rings is 1. The Morgan fingerprint density at radius 2 is 1.06 bits per heavy atom. The fraction of sp³-hybridized carbons (Fsp3) is 0.121. The third kappa shape index (κ3) is 3.44. The zero-order chi connectivity index (χ0) is 24.1. The van der Waals surface area contributed by atoms with Gasteiger partial charge in [-0.2, -0.15) is 0 Å². The van der Waals surface area contributed by atoms with Gasteiger partial charge in [0.2, 0.25) is 6.71 Å². The third-order valence-corrected chi connectivity index (χ3v) is 7.60. The summed E-state index contributed by atoms with van der Waals surface area (Å²) >= 11 is 0. The van der Waals surface area contributed by atoms with Crippen LogP contribution in [-0.4, -0.2) is 11.7 Å². The summed E-state index contributed by atoms with van der Waals surface area (Å²) in [5.41, 5.74) is 10.5. The van der Waals surface area contributed by atoms with Crippen LogP contribution in [0.2, 0.25) is 0 Å². The quantitative estimate of drug-likeness (QED) is 0.229. The average molecular weight is 449 g/mol. The maximum absolute atomic E-state index is 4.83. The van der Waals surface area contributed by atoms with Gasteiger partial charge in [0.25, 0.3) is 0 Å². The third-order valence-electron chi connectivity index (χ3n) is 7.60. The molecule has 6 rings (SSSR count). The summed E-state index contributed by atoms with van der Waals surface area (Å²) in [7, 11) is 0. The number of nitrogens with zero attached hydrogens (tertiary/aromatic N) is 1. The van der Waals surface area contributed by atoms with Crippen molar-refractivity contribution in [1.29, 1.82) is 0 Å². The Bertz CT molecular complexity index is 1660. The van der Waals surface area contributed by atoms with Gasteiger partial charge in [0, 0.05) is 22.4 Å². The second kappa shape index (κ2) is 8.39. The van der Waals surface area contributed by atoms with Crippen molar-refractivity contribution in [1.82, 2.24) is 4.98 Å². The first kappa shape index (κ1) is 21.6. The summed E-state index contributed by atoms with van der Waals surface area (Å²) in [5, 5.41) is 6.30. The van der Waals surface area contributed by atoms with Crippen LogP contribution in [0.1, 0.15) is 22.3 Å². The Morgan fingerprint density at radius 1 is 0.543 bits per heavy atom. The number of fused-ring (bicyclic) bond motifs is 5. The molecule has 0 unspecified atom stereocenters. The summed E-state index contributed by atoms with van der Waals surface area (Å²) < 4.78 is 0. The van der Waals surface area contributed by atoms with Crippen LogP contribution < -0.4 is 16.4 Å². The molecule has 0 radical (unpaired) electrons. The SMILES string of the molecule is Cc1cccc(C)c1B(c1c(C)cccc1C)c1cc2cnc3ccccc3c2c2ccccc12. The number of benzene rings is 5. The van der Waals surface area contributed by atoms with E-state index in [1.807, 2.05) is 0 Å². The van der Waals surface area contributed by atoms with E-state index in [0.717, 1.165) is 5.52 Å². The molecule has 5 aromatic carbocycles. The van der Waals surface area contributed by atoms with E-state index in [-0.39, 0.29) is 6.71 Å². The summed E-state index contributed by atoms with van der Waals surface area (Å²) in [6, 6.07) is 33.1. The van der Waals surface area contributed by atoms with Crippen molar-refractivity contribution in [3.63, 3.8) is 0 Å². The second-order valence-electron chi connectivity index (χ2n) is 9.79. The lowest BCUT2D eigenvalue weighted by Gasteiger charge is -2.25. The lowest BCUT2D eigenvalue weighted by Crippen LogP contribution is -2.56. The Balaban J connectivity index is 1.80. The molecular weight excluding hydrogens is 421 g/mol. The van der Waals surface area contributed by atoms with Gasteiger partial charge in [-0.1, -0.05) is 124 Å². The van der Waals surface area contributed by atoms with Crippen LogP contribution in [0, 0.1) is 27.7 Å². The second-order valence-corrected chi connectivity index (χ2v) is 9.79. The molecule has 0 bridgehead atoms. The molecule has 2 heteroatoms. The average Bonchev–Trinajstić information content (AvgIpc) is 2.86. The van der Waals surface area contributed by atoms with Gasteiger partial charge in [0.15, 0.2) is 0 Å². The highest BCUT2D eigenvalue weighted by atomic mass is 14.6. The van der Waals surface area contributed by atoms with Gasteiger partial charge in [0.05, 0.1) is 5.52 Å². The fourth-order valence-corrected chi connectivity index (χ4v) is 6.02. The minimum atomic E-state index is 0.137. The van der Waals surface area contributed by atoms with E-state index < -0.39 is 0 Å². The van der Waals surface area contributed by atoms with Gasteiger partial charge in [-0.25, -0.2) is 0 Å². The zero-order valence-electron chi connectivity index (χ0n) is 20.8. The zero-order valence-corrected chi connectivity index (χ0v) is 20.8. The fourth-order valence-electron chi connectivity index (χ4n) is 6.02. The van der Waals surface area contributed by atoms with Crippen molar-refractivity contribution in [2.24, 2.45) is 0 Å². The highest BCUT2D eigenvalue weighted by Gasteiger charge is 2.30. The van der Waals surface area contributed by atoms with E-state index >= 15 is 0 Å². The molecule has 6 aromatic rings. The van der Waals surface area contributed by atoms with E-state index in [1.165, 1.54) is 65.6 Å². The van der Waals surface area contributed by atoms with Crippen LogP contribution in [0.3, 0.4) is 0 Å². The van der Waals surface area contributed by atoms with Crippen LogP contribution in [0.4, 0.5) is 0 Å². The number of aryl methyl sites for hydroxylation is 4. The van der Waals surface area contributed by atoms with Crippen molar-refractivity contribution < 1.29 is 0 Å². The first-order valence-corrected chi connectivity index (χ1v) is 12.4. The highest BCUT2D eigenvalue weighted by Crippen LogP contribution is 2.30. The molecule has 0 saturated heterocycles. The van der Waals surface area contributed by atoms with E-state index in [0.29, 0.717) is 0 Å². The Hall–Kier alpha value is -3.91. The molecule has 35 heavy (non-hydrogen) atoms. The summed E-state index contributed by atoms with van der Waals surface area (Å²) in [6.45, 7) is 9.14. The van der Waals surface area contributed by atoms with Gasteiger partial charge < -0.3 is 0 Å². The van der Waals surface area contributed by atoms with E-state index in [1.54, 1.807) is 0 Å². The molecule has 1 aromatic heterocycles. The maximum atomic E-state index is 4.83. The smallest absolute Gasteiger partial charge is 0.243 e. The molecule has 0 amide bonds. The van der Waals surface area contributed by atoms with Crippen molar-refractivity contribution in [3.8, 4) is 0 Å². The van der Waals surface area contributed by atoms with Gasteiger partial charge in [-0.15, -0.1) is 0 Å². The van der Waals surface area contributed by atoms with E-state index in [4.69, 9.17) is 4.98 Å². The lowest BCUT2D eigenvalue weighted by atomic mass is 9.33.